The lowest BCUT2D eigenvalue weighted by Crippen LogP contribution is -2.44. The topological polar surface area (TPSA) is 51.9 Å². The van der Waals surface area contributed by atoms with Crippen LogP contribution in [0.25, 0.3) is 11.5 Å². The molecule has 5 nitrogen and oxygen atoms in total. The van der Waals surface area contributed by atoms with Gasteiger partial charge in [-0.2, -0.15) is 5.10 Å². The van der Waals surface area contributed by atoms with Crippen molar-refractivity contribution in [3.63, 3.8) is 0 Å². The number of carbonyl (C=O) groups is 1. The van der Waals surface area contributed by atoms with E-state index in [9.17, 15) is 4.79 Å². The molecule has 1 aliphatic carbocycles. The molecule has 0 spiro atoms. The van der Waals surface area contributed by atoms with Crippen LogP contribution in [0.1, 0.15) is 38.7 Å². The maximum Gasteiger partial charge on any atom is 0.230 e. The number of nitrogens with zero attached hydrogens (tertiary/aromatic N) is 3. The SMILES string of the molecule is CC1CCCC(NC(=O)CSCc2cnn(-c3ccccc3)c2-n2cccc2)C1C. The molecule has 1 saturated carbocycles. The van der Waals surface area contributed by atoms with Crippen LogP contribution >= 0.6 is 11.8 Å². The quantitative estimate of drug-likeness (QED) is 0.593. The highest BCUT2D eigenvalue weighted by Gasteiger charge is 2.28. The molecular weight excluding hydrogens is 392 g/mol. The lowest BCUT2D eigenvalue weighted by molar-refractivity contribution is -0.119. The van der Waals surface area contributed by atoms with E-state index < -0.39 is 0 Å². The molecule has 3 atom stereocenters. The molecule has 1 aromatic carbocycles. The molecule has 158 valence electrons. The molecule has 6 heteroatoms. The second-order valence-electron chi connectivity index (χ2n) is 8.27. The molecular formula is C24H30N4OS. The zero-order chi connectivity index (χ0) is 20.9. The first-order valence-electron chi connectivity index (χ1n) is 10.8. The van der Waals surface area contributed by atoms with Gasteiger partial charge in [0.2, 0.25) is 5.91 Å². The Morgan fingerprint density at radius 2 is 1.90 bits per heavy atom. The van der Waals surface area contributed by atoms with E-state index in [1.165, 1.54) is 12.8 Å². The lowest BCUT2D eigenvalue weighted by Gasteiger charge is -2.34. The van der Waals surface area contributed by atoms with Crippen molar-refractivity contribution >= 4 is 17.7 Å². The van der Waals surface area contributed by atoms with Crippen LogP contribution in [-0.4, -0.2) is 32.0 Å². The van der Waals surface area contributed by atoms with Crippen molar-refractivity contribution < 1.29 is 4.79 Å². The van der Waals surface area contributed by atoms with Gasteiger partial charge in [-0.3, -0.25) is 4.79 Å². The second kappa shape index (κ2) is 9.56. The average molecular weight is 423 g/mol. The normalized spacial score (nSPS) is 21.5. The number of nitrogens with one attached hydrogen (secondary N) is 1. The lowest BCUT2D eigenvalue weighted by atomic mass is 9.78. The third-order valence-corrected chi connectivity index (χ3v) is 7.19. The molecule has 3 unspecified atom stereocenters. The highest BCUT2D eigenvalue weighted by Crippen LogP contribution is 2.29. The van der Waals surface area contributed by atoms with Crippen LogP contribution in [-0.2, 0) is 10.5 Å². The molecule has 2 aromatic heterocycles. The number of benzene rings is 1. The van der Waals surface area contributed by atoms with Crippen LogP contribution in [0.2, 0.25) is 0 Å². The minimum Gasteiger partial charge on any atom is -0.352 e. The van der Waals surface area contributed by atoms with Crippen molar-refractivity contribution in [3.8, 4) is 11.5 Å². The van der Waals surface area contributed by atoms with E-state index >= 15 is 0 Å². The fourth-order valence-corrected chi connectivity index (χ4v) is 5.07. The minimum atomic E-state index is 0.143. The Kier molecular flexibility index (Phi) is 6.62. The van der Waals surface area contributed by atoms with E-state index in [-0.39, 0.29) is 5.91 Å². The molecule has 0 radical (unpaired) electrons. The van der Waals surface area contributed by atoms with Crippen LogP contribution in [0.4, 0.5) is 0 Å². The summed E-state index contributed by atoms with van der Waals surface area (Å²) in [6.45, 7) is 4.56. The van der Waals surface area contributed by atoms with Crippen molar-refractivity contribution in [1.29, 1.82) is 0 Å². The van der Waals surface area contributed by atoms with Crippen LogP contribution in [0.15, 0.2) is 61.1 Å². The first-order valence-corrected chi connectivity index (χ1v) is 11.9. The zero-order valence-electron chi connectivity index (χ0n) is 17.7. The Morgan fingerprint density at radius 1 is 1.13 bits per heavy atom. The van der Waals surface area contributed by atoms with Crippen LogP contribution in [0.5, 0.6) is 0 Å². The van der Waals surface area contributed by atoms with E-state index in [2.05, 4.69) is 41.0 Å². The number of amides is 1. The number of aromatic nitrogens is 3. The van der Waals surface area contributed by atoms with Gasteiger partial charge in [-0.05, 0) is 42.5 Å². The third-order valence-electron chi connectivity index (χ3n) is 6.21. The molecule has 0 aliphatic heterocycles. The van der Waals surface area contributed by atoms with Crippen molar-refractivity contribution in [3.05, 3.63) is 66.6 Å². The Labute approximate surface area is 182 Å². The van der Waals surface area contributed by atoms with E-state index in [1.807, 2.05) is 53.6 Å². The van der Waals surface area contributed by atoms with E-state index in [1.54, 1.807) is 11.8 Å². The van der Waals surface area contributed by atoms with Gasteiger partial charge in [0.05, 0.1) is 17.6 Å². The number of para-hydroxylation sites is 1. The third kappa shape index (κ3) is 4.64. The molecule has 1 fully saturated rings. The summed E-state index contributed by atoms with van der Waals surface area (Å²) in [7, 11) is 0. The van der Waals surface area contributed by atoms with Crippen molar-refractivity contribution in [2.45, 2.75) is 44.9 Å². The number of thioether (sulfide) groups is 1. The fourth-order valence-electron chi connectivity index (χ4n) is 4.27. The van der Waals surface area contributed by atoms with Gasteiger partial charge in [0.1, 0.15) is 5.82 Å². The Morgan fingerprint density at radius 3 is 2.67 bits per heavy atom. The predicted octanol–water partition coefficient (Wildman–Crippen LogP) is 4.84. The summed E-state index contributed by atoms with van der Waals surface area (Å²) in [5.41, 5.74) is 2.14. The van der Waals surface area contributed by atoms with Crippen LogP contribution in [0, 0.1) is 11.8 Å². The Balaban J connectivity index is 1.41. The standard InChI is InChI=1S/C24H30N4OS/c1-18-9-8-12-22(19(18)2)26-23(29)17-30-16-20-15-25-28(21-10-4-3-5-11-21)24(20)27-13-6-7-14-27/h3-7,10-11,13-15,18-19,22H,8-9,12,16-17H2,1-2H3,(H,26,29). The summed E-state index contributed by atoms with van der Waals surface area (Å²) in [5, 5.41) is 7.91. The van der Waals surface area contributed by atoms with E-state index in [0.717, 1.165) is 29.2 Å². The van der Waals surface area contributed by atoms with Gasteiger partial charge in [0.15, 0.2) is 0 Å². The number of hydrogen-bond acceptors (Lipinski definition) is 3. The molecule has 0 saturated heterocycles. The molecule has 4 rings (SSSR count). The highest BCUT2D eigenvalue weighted by molar-refractivity contribution is 7.99. The van der Waals surface area contributed by atoms with Crippen molar-refractivity contribution in [1.82, 2.24) is 19.7 Å². The summed E-state index contributed by atoms with van der Waals surface area (Å²) < 4.78 is 4.04. The molecule has 30 heavy (non-hydrogen) atoms. The van der Waals surface area contributed by atoms with Crippen LogP contribution in [0.3, 0.4) is 0 Å². The Bertz CT molecular complexity index is 951. The molecule has 0 bridgehead atoms. The highest BCUT2D eigenvalue weighted by atomic mass is 32.2. The zero-order valence-corrected chi connectivity index (χ0v) is 18.5. The summed E-state index contributed by atoms with van der Waals surface area (Å²) in [5.74, 6) is 3.61. The van der Waals surface area contributed by atoms with E-state index in [0.29, 0.717) is 23.6 Å². The Hall–Kier alpha value is -2.47. The monoisotopic (exact) mass is 422 g/mol. The maximum atomic E-state index is 12.5. The van der Waals surface area contributed by atoms with Crippen molar-refractivity contribution in [2.24, 2.45) is 11.8 Å². The van der Waals surface area contributed by atoms with E-state index in [4.69, 9.17) is 0 Å². The molecule has 3 aromatic rings. The second-order valence-corrected chi connectivity index (χ2v) is 9.25. The maximum absolute atomic E-state index is 12.5. The van der Waals surface area contributed by atoms with Crippen LogP contribution < -0.4 is 5.32 Å². The smallest absolute Gasteiger partial charge is 0.230 e. The largest absolute Gasteiger partial charge is 0.352 e. The van der Waals surface area contributed by atoms with Gasteiger partial charge in [-0.25, -0.2) is 4.68 Å². The number of rotatable bonds is 7. The molecule has 1 N–H and O–H groups in total. The summed E-state index contributed by atoms with van der Waals surface area (Å²) in [6.07, 6.45) is 9.56. The molecule has 1 amide bonds. The molecule has 1 aliphatic rings. The first-order chi connectivity index (χ1) is 14.6. The van der Waals surface area contributed by atoms with Gasteiger partial charge >= 0.3 is 0 Å². The fraction of sp³-hybridized carbons (Fsp3) is 0.417. The summed E-state index contributed by atoms with van der Waals surface area (Å²) in [4.78, 5) is 12.5. The first kappa shape index (κ1) is 20.8. The minimum absolute atomic E-state index is 0.143. The summed E-state index contributed by atoms with van der Waals surface area (Å²) >= 11 is 1.65. The van der Waals surface area contributed by atoms with Gasteiger partial charge in [0.25, 0.3) is 0 Å². The number of hydrogen-bond donors (Lipinski definition) is 1. The van der Waals surface area contributed by atoms with Gasteiger partial charge < -0.3 is 9.88 Å². The van der Waals surface area contributed by atoms with Gasteiger partial charge in [0, 0.05) is 29.8 Å². The summed E-state index contributed by atoms with van der Waals surface area (Å²) in [6, 6.07) is 14.5. The molecule has 2 heterocycles. The predicted molar refractivity (Wildman–Crippen MR) is 123 cm³/mol. The average Bonchev–Trinajstić information content (AvgIpc) is 3.42. The van der Waals surface area contributed by atoms with Crippen molar-refractivity contribution in [2.75, 3.05) is 5.75 Å². The van der Waals surface area contributed by atoms with Gasteiger partial charge in [-0.15, -0.1) is 11.8 Å². The van der Waals surface area contributed by atoms with Gasteiger partial charge in [-0.1, -0.05) is 44.9 Å². The number of carbonyl (C=O) groups excluding carboxylic acids is 1.